The zero-order valence-corrected chi connectivity index (χ0v) is 13.9. The Morgan fingerprint density at radius 1 is 0.783 bits per heavy atom. The van der Waals surface area contributed by atoms with E-state index in [0.29, 0.717) is 13.2 Å². The van der Waals surface area contributed by atoms with Gasteiger partial charge in [-0.15, -0.1) is 0 Å². The Morgan fingerprint density at radius 3 is 2.00 bits per heavy atom. The zero-order valence-electron chi connectivity index (χ0n) is 13.9. The Kier molecular flexibility index (Phi) is 7.27. The first kappa shape index (κ1) is 17.2. The summed E-state index contributed by atoms with van der Waals surface area (Å²) in [6.07, 6.45) is 1.02. The molecule has 1 N–H and O–H groups in total. The van der Waals surface area contributed by atoms with Gasteiger partial charge in [-0.25, -0.2) is 0 Å². The fourth-order valence-corrected chi connectivity index (χ4v) is 2.04. The van der Waals surface area contributed by atoms with Gasteiger partial charge in [-0.1, -0.05) is 19.1 Å². The molecule has 0 unspecified atom stereocenters. The number of hydrogen-bond acceptors (Lipinski definition) is 4. The minimum Gasteiger partial charge on any atom is -0.494 e. The number of benzene rings is 2. The van der Waals surface area contributed by atoms with Gasteiger partial charge in [0.25, 0.3) is 0 Å². The van der Waals surface area contributed by atoms with Crippen LogP contribution in [0.25, 0.3) is 0 Å². The largest absolute Gasteiger partial charge is 0.494 e. The highest BCUT2D eigenvalue weighted by Gasteiger charge is 1.98. The summed E-state index contributed by atoms with van der Waals surface area (Å²) in [7, 11) is 1.67. The van der Waals surface area contributed by atoms with Crippen molar-refractivity contribution in [2.24, 2.45) is 0 Å². The molecular weight excluding hydrogens is 290 g/mol. The van der Waals surface area contributed by atoms with Crippen LogP contribution in [-0.4, -0.2) is 26.9 Å². The maximum Gasteiger partial charge on any atom is 0.119 e. The van der Waals surface area contributed by atoms with Crippen LogP contribution < -0.4 is 14.8 Å². The molecule has 0 spiro atoms. The number of ether oxygens (including phenoxy) is 3. The molecule has 0 fully saturated rings. The van der Waals surface area contributed by atoms with Crippen molar-refractivity contribution in [2.75, 3.05) is 32.2 Å². The van der Waals surface area contributed by atoms with Gasteiger partial charge < -0.3 is 19.5 Å². The van der Waals surface area contributed by atoms with Gasteiger partial charge in [0.15, 0.2) is 0 Å². The zero-order chi connectivity index (χ0) is 16.3. The van der Waals surface area contributed by atoms with Crippen LogP contribution in [0, 0.1) is 0 Å². The van der Waals surface area contributed by atoms with Crippen LogP contribution in [0.1, 0.15) is 18.9 Å². The lowest BCUT2D eigenvalue weighted by Crippen LogP contribution is -2.04. The lowest BCUT2D eigenvalue weighted by atomic mass is 10.2. The third-order valence-corrected chi connectivity index (χ3v) is 3.30. The van der Waals surface area contributed by atoms with Crippen molar-refractivity contribution in [3.63, 3.8) is 0 Å². The summed E-state index contributed by atoms with van der Waals surface area (Å²) in [5.74, 6) is 1.78. The summed E-state index contributed by atoms with van der Waals surface area (Å²) in [6.45, 7) is 4.80. The van der Waals surface area contributed by atoms with Crippen LogP contribution in [-0.2, 0) is 11.3 Å². The van der Waals surface area contributed by atoms with Crippen molar-refractivity contribution in [2.45, 2.75) is 19.9 Å². The highest BCUT2D eigenvalue weighted by molar-refractivity contribution is 5.47. The van der Waals surface area contributed by atoms with Gasteiger partial charge in [0.05, 0.1) is 13.2 Å². The Balaban J connectivity index is 1.78. The van der Waals surface area contributed by atoms with E-state index in [0.717, 1.165) is 36.8 Å². The quantitative estimate of drug-likeness (QED) is 0.670. The highest BCUT2D eigenvalue weighted by Crippen LogP contribution is 2.17. The molecule has 23 heavy (non-hydrogen) atoms. The van der Waals surface area contributed by atoms with E-state index in [-0.39, 0.29) is 0 Å². The summed E-state index contributed by atoms with van der Waals surface area (Å²) in [4.78, 5) is 0. The standard InChI is InChI=1S/C19H25NO3/c1-3-12-22-18-8-4-16(5-9-18)15-20-17-6-10-19(11-7-17)23-14-13-21-2/h4-11,20H,3,12-15H2,1-2H3. The highest BCUT2D eigenvalue weighted by atomic mass is 16.5. The van der Waals surface area contributed by atoms with E-state index < -0.39 is 0 Å². The average molecular weight is 315 g/mol. The predicted octanol–water partition coefficient (Wildman–Crippen LogP) is 4.11. The van der Waals surface area contributed by atoms with Gasteiger partial charge in [0, 0.05) is 19.3 Å². The van der Waals surface area contributed by atoms with Crippen molar-refractivity contribution < 1.29 is 14.2 Å². The molecule has 0 amide bonds. The Labute approximate surface area is 138 Å². The molecule has 0 heterocycles. The summed E-state index contributed by atoms with van der Waals surface area (Å²) in [6, 6.07) is 16.1. The third kappa shape index (κ3) is 6.20. The Morgan fingerprint density at radius 2 is 1.39 bits per heavy atom. The van der Waals surface area contributed by atoms with Crippen LogP contribution in [0.5, 0.6) is 11.5 Å². The monoisotopic (exact) mass is 315 g/mol. The average Bonchev–Trinajstić information content (AvgIpc) is 2.60. The third-order valence-electron chi connectivity index (χ3n) is 3.30. The number of methoxy groups -OCH3 is 1. The van der Waals surface area contributed by atoms with Crippen molar-refractivity contribution >= 4 is 5.69 Å². The summed E-state index contributed by atoms with van der Waals surface area (Å²) < 4.78 is 16.1. The molecule has 0 bridgehead atoms. The molecule has 0 atom stereocenters. The summed E-state index contributed by atoms with van der Waals surface area (Å²) in [5, 5.41) is 3.40. The molecular formula is C19H25NO3. The molecule has 0 aliphatic heterocycles. The van der Waals surface area contributed by atoms with E-state index in [4.69, 9.17) is 14.2 Å². The normalized spacial score (nSPS) is 10.3. The maximum absolute atomic E-state index is 5.58. The van der Waals surface area contributed by atoms with Gasteiger partial charge in [0.1, 0.15) is 18.1 Å². The van der Waals surface area contributed by atoms with E-state index in [1.807, 2.05) is 36.4 Å². The smallest absolute Gasteiger partial charge is 0.119 e. The van der Waals surface area contributed by atoms with Crippen molar-refractivity contribution in [1.29, 1.82) is 0 Å². The second-order valence-corrected chi connectivity index (χ2v) is 5.21. The molecule has 0 aliphatic carbocycles. The molecule has 4 nitrogen and oxygen atoms in total. The molecule has 0 saturated carbocycles. The molecule has 0 radical (unpaired) electrons. The fraction of sp³-hybridized carbons (Fsp3) is 0.368. The molecule has 2 rings (SSSR count). The Bertz CT molecular complexity index is 552. The molecule has 4 heteroatoms. The van der Waals surface area contributed by atoms with Gasteiger partial charge >= 0.3 is 0 Å². The lowest BCUT2D eigenvalue weighted by molar-refractivity contribution is 0.146. The molecule has 0 aliphatic rings. The van der Waals surface area contributed by atoms with E-state index in [2.05, 4.69) is 24.4 Å². The Hall–Kier alpha value is -2.20. The summed E-state index contributed by atoms with van der Waals surface area (Å²) in [5.41, 5.74) is 2.28. The lowest BCUT2D eigenvalue weighted by Gasteiger charge is -2.10. The van der Waals surface area contributed by atoms with Gasteiger partial charge in [0.2, 0.25) is 0 Å². The molecule has 2 aromatic rings. The first-order chi connectivity index (χ1) is 11.3. The van der Waals surface area contributed by atoms with Crippen LogP contribution in [0.15, 0.2) is 48.5 Å². The summed E-state index contributed by atoms with van der Waals surface area (Å²) >= 11 is 0. The first-order valence-electron chi connectivity index (χ1n) is 7.99. The second-order valence-electron chi connectivity index (χ2n) is 5.21. The predicted molar refractivity (Wildman–Crippen MR) is 93.4 cm³/mol. The molecule has 0 saturated heterocycles. The maximum atomic E-state index is 5.58. The van der Waals surface area contributed by atoms with Crippen molar-refractivity contribution in [3.8, 4) is 11.5 Å². The number of rotatable bonds is 10. The minimum absolute atomic E-state index is 0.565. The fourth-order valence-electron chi connectivity index (χ4n) is 2.04. The first-order valence-corrected chi connectivity index (χ1v) is 7.99. The van der Waals surface area contributed by atoms with Gasteiger partial charge in [-0.3, -0.25) is 0 Å². The van der Waals surface area contributed by atoms with E-state index >= 15 is 0 Å². The number of hydrogen-bond donors (Lipinski definition) is 1. The van der Waals surface area contributed by atoms with Gasteiger partial charge in [-0.2, -0.15) is 0 Å². The molecule has 2 aromatic carbocycles. The second kappa shape index (κ2) is 9.74. The minimum atomic E-state index is 0.565. The van der Waals surface area contributed by atoms with Gasteiger partial charge in [-0.05, 0) is 48.4 Å². The molecule has 0 aromatic heterocycles. The van der Waals surface area contributed by atoms with E-state index in [1.165, 1.54) is 5.56 Å². The number of anilines is 1. The number of nitrogens with one attached hydrogen (secondary N) is 1. The van der Waals surface area contributed by atoms with Crippen molar-refractivity contribution in [1.82, 2.24) is 0 Å². The van der Waals surface area contributed by atoms with Crippen LogP contribution in [0.2, 0.25) is 0 Å². The van der Waals surface area contributed by atoms with Crippen LogP contribution in [0.4, 0.5) is 5.69 Å². The van der Waals surface area contributed by atoms with Crippen LogP contribution >= 0.6 is 0 Å². The molecule has 124 valence electrons. The van der Waals surface area contributed by atoms with E-state index in [9.17, 15) is 0 Å². The van der Waals surface area contributed by atoms with E-state index in [1.54, 1.807) is 7.11 Å². The van der Waals surface area contributed by atoms with Crippen molar-refractivity contribution in [3.05, 3.63) is 54.1 Å². The van der Waals surface area contributed by atoms with Crippen LogP contribution in [0.3, 0.4) is 0 Å². The SMILES string of the molecule is CCCOc1ccc(CNc2ccc(OCCOC)cc2)cc1. The topological polar surface area (TPSA) is 39.7 Å².